The van der Waals surface area contributed by atoms with Crippen LogP contribution in [-0.2, 0) is 11.3 Å². The Morgan fingerprint density at radius 3 is 2.74 bits per heavy atom. The van der Waals surface area contributed by atoms with Gasteiger partial charge in [-0.15, -0.1) is 11.3 Å². The molecular weight excluding hydrogens is 308 g/mol. The number of nitrogens with zero attached hydrogens (tertiary/aromatic N) is 3. The molecule has 1 saturated carbocycles. The van der Waals surface area contributed by atoms with E-state index in [0.717, 1.165) is 63.4 Å². The van der Waals surface area contributed by atoms with E-state index in [1.54, 1.807) is 11.3 Å². The van der Waals surface area contributed by atoms with E-state index in [1.807, 2.05) is 18.0 Å². The third-order valence-corrected chi connectivity index (χ3v) is 6.18. The number of piperazine rings is 1. The molecule has 2 fully saturated rings. The molecule has 0 bridgehead atoms. The molecular formula is C17H28N4OS. The van der Waals surface area contributed by atoms with Crippen molar-refractivity contribution in [2.24, 2.45) is 11.7 Å². The number of thiazole rings is 1. The molecule has 2 unspecified atom stereocenters. The van der Waals surface area contributed by atoms with Gasteiger partial charge in [0, 0.05) is 49.3 Å². The van der Waals surface area contributed by atoms with E-state index in [4.69, 9.17) is 5.73 Å². The van der Waals surface area contributed by atoms with Crippen molar-refractivity contribution in [3.05, 3.63) is 16.1 Å². The van der Waals surface area contributed by atoms with Crippen LogP contribution < -0.4 is 5.73 Å². The van der Waals surface area contributed by atoms with Crippen LogP contribution >= 0.6 is 11.3 Å². The zero-order valence-electron chi connectivity index (χ0n) is 14.3. The molecule has 1 aromatic rings. The Bertz CT molecular complexity index is 549. The molecule has 3 rings (SSSR count). The number of hydrogen-bond donors (Lipinski definition) is 1. The Morgan fingerprint density at radius 1 is 1.39 bits per heavy atom. The van der Waals surface area contributed by atoms with Crippen molar-refractivity contribution in [1.29, 1.82) is 0 Å². The number of hydrogen-bond acceptors (Lipinski definition) is 5. The third-order valence-electron chi connectivity index (χ3n) is 5.28. The predicted octanol–water partition coefficient (Wildman–Crippen LogP) is 2.00. The SMILES string of the molecule is Cc1ncc(CN2CCN(C(=O)C3CCCCC3(C)N)CC2)s1. The number of nitrogens with two attached hydrogens (primary N) is 1. The summed E-state index contributed by atoms with van der Waals surface area (Å²) in [5.74, 6) is 0.287. The monoisotopic (exact) mass is 336 g/mol. The lowest BCUT2D eigenvalue weighted by Crippen LogP contribution is -2.57. The minimum Gasteiger partial charge on any atom is -0.340 e. The first-order valence-electron chi connectivity index (χ1n) is 8.67. The maximum atomic E-state index is 12.9. The van der Waals surface area contributed by atoms with Crippen molar-refractivity contribution in [3.63, 3.8) is 0 Å². The highest BCUT2D eigenvalue weighted by molar-refractivity contribution is 7.11. The van der Waals surface area contributed by atoms with E-state index in [9.17, 15) is 4.79 Å². The molecule has 23 heavy (non-hydrogen) atoms. The summed E-state index contributed by atoms with van der Waals surface area (Å²) in [7, 11) is 0. The molecule has 2 N–H and O–H groups in total. The first-order chi connectivity index (χ1) is 11.0. The minimum atomic E-state index is -0.327. The van der Waals surface area contributed by atoms with Crippen LogP contribution in [0, 0.1) is 12.8 Å². The van der Waals surface area contributed by atoms with Gasteiger partial charge in [-0.2, -0.15) is 0 Å². The molecule has 2 heterocycles. The molecule has 1 aromatic heterocycles. The van der Waals surface area contributed by atoms with Crippen LogP contribution in [0.2, 0.25) is 0 Å². The van der Waals surface area contributed by atoms with Crippen molar-refractivity contribution in [1.82, 2.24) is 14.8 Å². The van der Waals surface area contributed by atoms with Crippen LogP contribution in [0.1, 0.15) is 42.5 Å². The van der Waals surface area contributed by atoms with E-state index >= 15 is 0 Å². The van der Waals surface area contributed by atoms with Crippen molar-refractivity contribution >= 4 is 17.2 Å². The van der Waals surface area contributed by atoms with Crippen LogP contribution in [0.5, 0.6) is 0 Å². The van der Waals surface area contributed by atoms with Gasteiger partial charge in [0.05, 0.1) is 10.9 Å². The van der Waals surface area contributed by atoms with Gasteiger partial charge >= 0.3 is 0 Å². The summed E-state index contributed by atoms with van der Waals surface area (Å²) in [4.78, 5) is 22.9. The second-order valence-electron chi connectivity index (χ2n) is 7.25. The van der Waals surface area contributed by atoms with Crippen molar-refractivity contribution in [3.8, 4) is 0 Å². The maximum Gasteiger partial charge on any atom is 0.227 e. The minimum absolute atomic E-state index is 0.00643. The lowest BCUT2D eigenvalue weighted by Gasteiger charge is -2.42. The Labute approximate surface area is 142 Å². The summed E-state index contributed by atoms with van der Waals surface area (Å²) in [6.07, 6.45) is 6.17. The number of amides is 1. The zero-order chi connectivity index (χ0) is 16.4. The van der Waals surface area contributed by atoms with Gasteiger partial charge < -0.3 is 10.6 Å². The predicted molar refractivity (Wildman–Crippen MR) is 93.3 cm³/mol. The normalized spacial score (nSPS) is 29.7. The summed E-state index contributed by atoms with van der Waals surface area (Å²) in [6.45, 7) is 8.57. The Balaban J connectivity index is 1.53. The smallest absolute Gasteiger partial charge is 0.227 e. The van der Waals surface area contributed by atoms with Crippen molar-refractivity contribution < 1.29 is 4.79 Å². The van der Waals surface area contributed by atoms with Gasteiger partial charge in [0.15, 0.2) is 0 Å². The average Bonchev–Trinajstić information content (AvgIpc) is 2.92. The van der Waals surface area contributed by atoms with E-state index in [0.29, 0.717) is 0 Å². The van der Waals surface area contributed by atoms with Crippen LogP contribution in [0.4, 0.5) is 0 Å². The molecule has 0 spiro atoms. The molecule has 0 aromatic carbocycles. The van der Waals surface area contributed by atoms with Gasteiger partial charge in [0.1, 0.15) is 0 Å². The van der Waals surface area contributed by atoms with Crippen LogP contribution in [-0.4, -0.2) is 52.4 Å². The number of aromatic nitrogens is 1. The molecule has 1 saturated heterocycles. The van der Waals surface area contributed by atoms with Gasteiger partial charge in [-0.25, -0.2) is 4.98 Å². The fourth-order valence-electron chi connectivity index (χ4n) is 3.81. The molecule has 1 aliphatic heterocycles. The molecule has 0 radical (unpaired) electrons. The molecule has 128 valence electrons. The Morgan fingerprint density at radius 2 is 2.13 bits per heavy atom. The fourth-order valence-corrected chi connectivity index (χ4v) is 4.65. The van der Waals surface area contributed by atoms with Gasteiger partial charge in [0.25, 0.3) is 0 Å². The molecule has 6 heteroatoms. The molecule has 1 amide bonds. The molecule has 2 aliphatic rings. The van der Waals surface area contributed by atoms with E-state index < -0.39 is 0 Å². The van der Waals surface area contributed by atoms with E-state index in [1.165, 1.54) is 4.88 Å². The molecule has 2 atom stereocenters. The van der Waals surface area contributed by atoms with E-state index in [2.05, 4.69) is 16.8 Å². The zero-order valence-corrected chi connectivity index (χ0v) is 15.1. The summed E-state index contributed by atoms with van der Waals surface area (Å²) in [5.41, 5.74) is 6.07. The van der Waals surface area contributed by atoms with Gasteiger partial charge in [-0.1, -0.05) is 12.8 Å². The van der Waals surface area contributed by atoms with Gasteiger partial charge in [-0.05, 0) is 26.7 Å². The van der Waals surface area contributed by atoms with E-state index in [-0.39, 0.29) is 17.4 Å². The highest BCUT2D eigenvalue weighted by Gasteiger charge is 2.40. The second kappa shape index (κ2) is 6.87. The Hall–Kier alpha value is -0.980. The second-order valence-corrected chi connectivity index (χ2v) is 8.57. The number of aryl methyl sites for hydroxylation is 1. The lowest BCUT2D eigenvalue weighted by atomic mass is 9.74. The number of rotatable bonds is 3. The van der Waals surface area contributed by atoms with Crippen LogP contribution in [0.3, 0.4) is 0 Å². The standard InChI is InChI=1S/C17H28N4OS/c1-13-19-11-14(23-13)12-20-7-9-21(10-8-20)16(22)15-5-3-4-6-17(15,2)18/h11,15H,3-10,12,18H2,1-2H3. The lowest BCUT2D eigenvalue weighted by molar-refractivity contribution is -0.140. The maximum absolute atomic E-state index is 12.9. The summed E-state index contributed by atoms with van der Waals surface area (Å²) >= 11 is 1.76. The number of carbonyl (C=O) groups excluding carboxylic acids is 1. The average molecular weight is 337 g/mol. The highest BCUT2D eigenvalue weighted by Crippen LogP contribution is 2.33. The summed E-state index contributed by atoms with van der Waals surface area (Å²) < 4.78 is 0. The third kappa shape index (κ3) is 3.92. The van der Waals surface area contributed by atoms with Crippen molar-refractivity contribution in [2.75, 3.05) is 26.2 Å². The first-order valence-corrected chi connectivity index (χ1v) is 9.49. The summed E-state index contributed by atoms with van der Waals surface area (Å²) in [6, 6.07) is 0. The Kier molecular flexibility index (Phi) is 5.04. The topological polar surface area (TPSA) is 62.5 Å². The highest BCUT2D eigenvalue weighted by atomic mass is 32.1. The first kappa shape index (κ1) is 16.9. The summed E-state index contributed by atoms with van der Waals surface area (Å²) in [5, 5.41) is 1.12. The molecule has 5 nitrogen and oxygen atoms in total. The number of carbonyl (C=O) groups is 1. The quantitative estimate of drug-likeness (QED) is 0.917. The largest absolute Gasteiger partial charge is 0.340 e. The van der Waals surface area contributed by atoms with Gasteiger partial charge in [0.2, 0.25) is 5.91 Å². The van der Waals surface area contributed by atoms with Crippen molar-refractivity contribution in [2.45, 2.75) is 51.6 Å². The molecule has 1 aliphatic carbocycles. The van der Waals surface area contributed by atoms with Crippen LogP contribution in [0.15, 0.2) is 6.20 Å². The van der Waals surface area contributed by atoms with Crippen LogP contribution in [0.25, 0.3) is 0 Å². The fraction of sp³-hybridized carbons (Fsp3) is 0.765. The van der Waals surface area contributed by atoms with Gasteiger partial charge in [-0.3, -0.25) is 9.69 Å².